The summed E-state index contributed by atoms with van der Waals surface area (Å²) in [6, 6.07) is 4.99. The Kier molecular flexibility index (Phi) is 3.72. The van der Waals surface area contributed by atoms with Gasteiger partial charge in [0.05, 0.1) is 6.61 Å². The lowest BCUT2D eigenvalue weighted by Gasteiger charge is -2.17. The van der Waals surface area contributed by atoms with Gasteiger partial charge in [0.15, 0.2) is 0 Å². The van der Waals surface area contributed by atoms with Gasteiger partial charge in [-0.05, 0) is 24.6 Å². The number of carbonyl (C=O) groups excluding carboxylic acids is 1. The Labute approximate surface area is 107 Å². The topological polar surface area (TPSA) is 81.6 Å². The van der Waals surface area contributed by atoms with E-state index in [-0.39, 0.29) is 5.91 Å². The molecule has 18 heavy (non-hydrogen) atoms. The van der Waals surface area contributed by atoms with Crippen LogP contribution >= 0.6 is 0 Å². The molecule has 1 fully saturated rings. The van der Waals surface area contributed by atoms with E-state index >= 15 is 0 Å². The smallest absolute Gasteiger partial charge is 0.254 e. The van der Waals surface area contributed by atoms with Crippen molar-refractivity contribution in [2.75, 3.05) is 38.3 Å². The van der Waals surface area contributed by atoms with Crippen molar-refractivity contribution >= 4 is 17.3 Å². The van der Waals surface area contributed by atoms with Crippen LogP contribution in [0.1, 0.15) is 16.8 Å². The maximum Gasteiger partial charge on any atom is 0.254 e. The van der Waals surface area contributed by atoms with Crippen molar-refractivity contribution in [3.8, 4) is 0 Å². The molecule has 0 bridgehead atoms. The molecule has 1 aromatic rings. The Morgan fingerprint density at radius 2 is 2.06 bits per heavy atom. The van der Waals surface area contributed by atoms with Crippen LogP contribution in [0.3, 0.4) is 0 Å². The maximum absolute atomic E-state index is 12.3. The standard InChI is InChI=1S/C13H19N3O2/c1-18-8-9-2-3-16(7-9)13(17)10-4-11(14)6-12(15)5-10/h4-6,9H,2-3,7-8,14-15H2,1H3. The zero-order valence-corrected chi connectivity index (χ0v) is 10.6. The number of hydrogen-bond acceptors (Lipinski definition) is 4. The lowest BCUT2D eigenvalue weighted by Crippen LogP contribution is -2.29. The minimum absolute atomic E-state index is 0.00685. The molecule has 2 rings (SSSR count). The van der Waals surface area contributed by atoms with E-state index in [9.17, 15) is 4.79 Å². The molecule has 0 aliphatic carbocycles. The summed E-state index contributed by atoms with van der Waals surface area (Å²) in [6.45, 7) is 2.20. The molecule has 1 aromatic carbocycles. The molecule has 0 saturated carbocycles. The number of hydrogen-bond donors (Lipinski definition) is 2. The van der Waals surface area contributed by atoms with E-state index in [1.165, 1.54) is 0 Å². The molecule has 0 spiro atoms. The zero-order chi connectivity index (χ0) is 13.1. The van der Waals surface area contributed by atoms with Crippen LogP contribution in [0.5, 0.6) is 0 Å². The third kappa shape index (κ3) is 2.73. The molecule has 4 N–H and O–H groups in total. The molecular weight excluding hydrogens is 230 g/mol. The van der Waals surface area contributed by atoms with E-state index in [4.69, 9.17) is 16.2 Å². The van der Waals surface area contributed by atoms with Crippen LogP contribution in [-0.2, 0) is 4.74 Å². The number of nitrogen functional groups attached to an aromatic ring is 2. The van der Waals surface area contributed by atoms with E-state index in [0.29, 0.717) is 29.5 Å². The minimum atomic E-state index is -0.00685. The Bertz CT molecular complexity index is 428. The number of likely N-dealkylation sites (tertiary alicyclic amines) is 1. The highest BCUT2D eigenvalue weighted by molar-refractivity contribution is 5.96. The summed E-state index contributed by atoms with van der Waals surface area (Å²) >= 11 is 0. The first-order valence-corrected chi connectivity index (χ1v) is 6.04. The number of nitrogens with zero attached hydrogens (tertiary/aromatic N) is 1. The van der Waals surface area contributed by atoms with E-state index in [1.54, 1.807) is 25.3 Å². The van der Waals surface area contributed by atoms with E-state index in [0.717, 1.165) is 19.5 Å². The van der Waals surface area contributed by atoms with Gasteiger partial charge in [-0.3, -0.25) is 4.79 Å². The average molecular weight is 249 g/mol. The molecule has 5 heteroatoms. The van der Waals surface area contributed by atoms with Gasteiger partial charge < -0.3 is 21.1 Å². The molecule has 1 aliphatic rings. The third-order valence-electron chi connectivity index (χ3n) is 3.20. The lowest BCUT2D eigenvalue weighted by molar-refractivity contribution is 0.0775. The normalized spacial score (nSPS) is 19.2. The van der Waals surface area contributed by atoms with Crippen molar-refractivity contribution < 1.29 is 9.53 Å². The summed E-state index contributed by atoms with van der Waals surface area (Å²) in [4.78, 5) is 14.1. The van der Waals surface area contributed by atoms with Crippen LogP contribution in [0.4, 0.5) is 11.4 Å². The van der Waals surface area contributed by atoms with Crippen molar-refractivity contribution in [3.05, 3.63) is 23.8 Å². The van der Waals surface area contributed by atoms with Crippen LogP contribution in [0.25, 0.3) is 0 Å². The zero-order valence-electron chi connectivity index (χ0n) is 10.6. The molecule has 0 radical (unpaired) electrons. The van der Waals surface area contributed by atoms with Crippen molar-refractivity contribution in [2.45, 2.75) is 6.42 Å². The van der Waals surface area contributed by atoms with Gasteiger partial charge in [0, 0.05) is 43.1 Å². The minimum Gasteiger partial charge on any atom is -0.399 e. The fourth-order valence-electron chi connectivity index (χ4n) is 2.37. The van der Waals surface area contributed by atoms with Crippen LogP contribution < -0.4 is 11.5 Å². The number of anilines is 2. The fourth-order valence-corrected chi connectivity index (χ4v) is 2.37. The van der Waals surface area contributed by atoms with Crippen LogP contribution in [0.2, 0.25) is 0 Å². The molecule has 1 saturated heterocycles. The molecule has 1 unspecified atom stereocenters. The highest BCUT2D eigenvalue weighted by Crippen LogP contribution is 2.21. The van der Waals surface area contributed by atoms with E-state index in [2.05, 4.69) is 0 Å². The SMILES string of the molecule is COCC1CCN(C(=O)c2cc(N)cc(N)c2)C1. The number of amides is 1. The van der Waals surface area contributed by atoms with Gasteiger partial charge in [0.2, 0.25) is 0 Å². The predicted molar refractivity (Wildman–Crippen MR) is 71.2 cm³/mol. The number of nitrogens with two attached hydrogens (primary N) is 2. The fraction of sp³-hybridized carbons (Fsp3) is 0.462. The second kappa shape index (κ2) is 5.27. The highest BCUT2D eigenvalue weighted by atomic mass is 16.5. The first-order chi connectivity index (χ1) is 8.60. The summed E-state index contributed by atoms with van der Waals surface area (Å²) in [6.07, 6.45) is 0.984. The molecule has 0 aromatic heterocycles. The Hall–Kier alpha value is -1.75. The van der Waals surface area contributed by atoms with E-state index in [1.807, 2.05) is 4.90 Å². The largest absolute Gasteiger partial charge is 0.399 e. The molecule has 98 valence electrons. The molecule has 5 nitrogen and oxygen atoms in total. The highest BCUT2D eigenvalue weighted by Gasteiger charge is 2.26. The summed E-state index contributed by atoms with van der Waals surface area (Å²) in [7, 11) is 1.68. The Morgan fingerprint density at radius 3 is 2.67 bits per heavy atom. The van der Waals surface area contributed by atoms with Gasteiger partial charge >= 0.3 is 0 Å². The molecule has 1 heterocycles. The van der Waals surface area contributed by atoms with Gasteiger partial charge in [-0.15, -0.1) is 0 Å². The van der Waals surface area contributed by atoms with Crippen molar-refractivity contribution in [3.63, 3.8) is 0 Å². The van der Waals surface area contributed by atoms with Gasteiger partial charge in [-0.2, -0.15) is 0 Å². The van der Waals surface area contributed by atoms with Crippen LogP contribution in [0.15, 0.2) is 18.2 Å². The van der Waals surface area contributed by atoms with Gasteiger partial charge in [-0.1, -0.05) is 0 Å². The van der Waals surface area contributed by atoms with Crippen molar-refractivity contribution in [2.24, 2.45) is 5.92 Å². The van der Waals surface area contributed by atoms with Crippen molar-refractivity contribution in [1.29, 1.82) is 0 Å². The number of carbonyl (C=O) groups is 1. The number of benzene rings is 1. The monoisotopic (exact) mass is 249 g/mol. The number of ether oxygens (including phenoxy) is 1. The third-order valence-corrected chi connectivity index (χ3v) is 3.20. The Balaban J connectivity index is 2.08. The van der Waals surface area contributed by atoms with Crippen LogP contribution in [-0.4, -0.2) is 37.6 Å². The average Bonchev–Trinajstić information content (AvgIpc) is 2.76. The predicted octanol–water partition coefficient (Wildman–Crippen LogP) is 0.960. The summed E-state index contributed by atoms with van der Waals surface area (Å²) < 4.78 is 5.12. The summed E-state index contributed by atoms with van der Waals surface area (Å²) in [5.41, 5.74) is 13.0. The Morgan fingerprint density at radius 1 is 1.39 bits per heavy atom. The molecule has 1 atom stereocenters. The van der Waals surface area contributed by atoms with Gasteiger partial charge in [0.25, 0.3) is 5.91 Å². The van der Waals surface area contributed by atoms with Crippen LogP contribution in [0, 0.1) is 5.92 Å². The summed E-state index contributed by atoms with van der Waals surface area (Å²) in [5, 5.41) is 0. The molecular formula is C13H19N3O2. The summed E-state index contributed by atoms with van der Waals surface area (Å²) in [5.74, 6) is 0.421. The maximum atomic E-state index is 12.3. The molecule has 1 aliphatic heterocycles. The second-order valence-corrected chi connectivity index (χ2v) is 4.75. The molecule has 1 amide bonds. The van der Waals surface area contributed by atoms with E-state index < -0.39 is 0 Å². The quantitative estimate of drug-likeness (QED) is 0.782. The lowest BCUT2D eigenvalue weighted by atomic mass is 10.1. The first-order valence-electron chi connectivity index (χ1n) is 6.04. The van der Waals surface area contributed by atoms with Gasteiger partial charge in [0.1, 0.15) is 0 Å². The number of methoxy groups -OCH3 is 1. The van der Waals surface area contributed by atoms with Crippen molar-refractivity contribution in [1.82, 2.24) is 4.90 Å². The first kappa shape index (κ1) is 12.7. The van der Waals surface area contributed by atoms with Gasteiger partial charge in [-0.25, -0.2) is 0 Å². The number of rotatable bonds is 3. The second-order valence-electron chi connectivity index (χ2n) is 4.75.